The Kier molecular flexibility index (Phi) is 5.58. The number of benzene rings is 1. The van der Waals surface area contributed by atoms with Crippen LogP contribution >= 0.6 is 11.6 Å². The van der Waals surface area contributed by atoms with E-state index in [0.29, 0.717) is 0 Å². The number of rotatable bonds is 4. The molecule has 3 rings (SSSR count). The van der Waals surface area contributed by atoms with Gasteiger partial charge in [-0.2, -0.15) is 0 Å². The van der Waals surface area contributed by atoms with Crippen molar-refractivity contribution >= 4 is 33.3 Å². The Balaban J connectivity index is 1.86. The first-order valence-electron chi connectivity index (χ1n) is 8.84. The van der Waals surface area contributed by atoms with Crippen LogP contribution in [0.25, 0.3) is 0 Å². The van der Waals surface area contributed by atoms with E-state index in [9.17, 15) is 23.1 Å². The predicted molar refractivity (Wildman–Crippen MR) is 96.8 cm³/mol. The Hall–Kier alpha value is -1.60. The molecule has 26 heavy (non-hydrogen) atoms. The Labute approximate surface area is 158 Å². The highest BCUT2D eigenvalue weighted by molar-refractivity contribution is 7.92. The Morgan fingerprint density at radius 3 is 2.38 bits per heavy atom. The van der Waals surface area contributed by atoms with Crippen molar-refractivity contribution < 1.29 is 23.1 Å². The highest BCUT2D eigenvalue weighted by Gasteiger charge is 2.47. The third kappa shape index (κ3) is 3.60. The van der Waals surface area contributed by atoms with E-state index >= 15 is 0 Å². The second-order valence-corrected chi connectivity index (χ2v) is 9.62. The van der Waals surface area contributed by atoms with Crippen molar-refractivity contribution in [2.75, 3.05) is 6.54 Å². The third-order valence-electron chi connectivity index (χ3n) is 5.37. The van der Waals surface area contributed by atoms with E-state index in [2.05, 4.69) is 0 Å². The highest BCUT2D eigenvalue weighted by Crippen LogP contribution is 2.34. The summed E-state index contributed by atoms with van der Waals surface area (Å²) in [4.78, 5) is 25.7. The second-order valence-electron chi connectivity index (χ2n) is 7.01. The van der Waals surface area contributed by atoms with Crippen LogP contribution in [0, 0.1) is 5.92 Å². The van der Waals surface area contributed by atoms with Crippen molar-refractivity contribution in [1.82, 2.24) is 4.90 Å². The molecule has 2 fully saturated rings. The van der Waals surface area contributed by atoms with Gasteiger partial charge in [-0.25, -0.2) is 13.2 Å². The molecule has 2 atom stereocenters. The zero-order valence-corrected chi connectivity index (χ0v) is 15.9. The minimum atomic E-state index is -3.82. The molecule has 1 saturated carbocycles. The van der Waals surface area contributed by atoms with E-state index in [1.807, 2.05) is 0 Å². The molecule has 1 aromatic rings. The molecule has 1 aliphatic heterocycles. The molecule has 0 aromatic heterocycles. The van der Waals surface area contributed by atoms with Gasteiger partial charge in [-0.05, 0) is 31.4 Å². The first-order valence-corrected chi connectivity index (χ1v) is 10.8. The maximum absolute atomic E-state index is 13.0. The standard InChI is InChI=1S/C18H22ClNO5S/c19-14-8-4-5-9-16(14)26(24,25)13-10-15(18(22)23)20(11-13)17(21)12-6-2-1-3-7-12/h4-5,8-9,12-13,15H,1-3,6-7,10-11H2,(H,22,23)/t13-,15+/m1/s1. The molecule has 1 amide bonds. The zero-order valence-electron chi connectivity index (χ0n) is 14.3. The van der Waals surface area contributed by atoms with E-state index in [-0.39, 0.29) is 34.7 Å². The van der Waals surface area contributed by atoms with E-state index in [4.69, 9.17) is 11.6 Å². The Morgan fingerprint density at radius 2 is 1.77 bits per heavy atom. The quantitative estimate of drug-likeness (QED) is 0.840. The van der Waals surface area contributed by atoms with Crippen LogP contribution in [0.2, 0.25) is 5.02 Å². The summed E-state index contributed by atoms with van der Waals surface area (Å²) in [6, 6.07) is 5.01. The fourth-order valence-corrected chi connectivity index (χ4v) is 6.16. The minimum absolute atomic E-state index is 0.0113. The van der Waals surface area contributed by atoms with Gasteiger partial charge in [-0.1, -0.05) is 43.0 Å². The van der Waals surface area contributed by atoms with Crippen LogP contribution in [0.5, 0.6) is 0 Å². The van der Waals surface area contributed by atoms with Crippen molar-refractivity contribution in [3.05, 3.63) is 29.3 Å². The van der Waals surface area contributed by atoms with Gasteiger partial charge >= 0.3 is 5.97 Å². The van der Waals surface area contributed by atoms with Crippen molar-refractivity contribution in [3.63, 3.8) is 0 Å². The van der Waals surface area contributed by atoms with Gasteiger partial charge in [0, 0.05) is 12.5 Å². The van der Waals surface area contributed by atoms with Gasteiger partial charge in [0.15, 0.2) is 9.84 Å². The summed E-state index contributed by atoms with van der Waals surface area (Å²) in [6.45, 7) is -0.0974. The third-order valence-corrected chi connectivity index (χ3v) is 8.00. The van der Waals surface area contributed by atoms with Gasteiger partial charge < -0.3 is 10.0 Å². The largest absolute Gasteiger partial charge is 0.480 e. The molecule has 1 N–H and O–H groups in total. The summed E-state index contributed by atoms with van der Waals surface area (Å²) in [7, 11) is -3.82. The van der Waals surface area contributed by atoms with Crippen LogP contribution in [0.4, 0.5) is 0 Å². The summed E-state index contributed by atoms with van der Waals surface area (Å²) in [5.74, 6) is -1.59. The summed E-state index contributed by atoms with van der Waals surface area (Å²) < 4.78 is 25.9. The maximum Gasteiger partial charge on any atom is 0.326 e. The molecule has 0 spiro atoms. The molecular formula is C18H22ClNO5S. The van der Waals surface area contributed by atoms with Crippen molar-refractivity contribution in [1.29, 1.82) is 0 Å². The number of carboxylic acid groups (broad SMARTS) is 1. The molecule has 0 radical (unpaired) electrons. The number of likely N-dealkylation sites (tertiary alicyclic amines) is 1. The molecule has 2 aliphatic rings. The fourth-order valence-electron chi connectivity index (χ4n) is 3.94. The molecule has 0 bridgehead atoms. The lowest BCUT2D eigenvalue weighted by Gasteiger charge is -2.28. The number of hydrogen-bond donors (Lipinski definition) is 1. The number of halogens is 1. The number of carbonyl (C=O) groups is 2. The fraction of sp³-hybridized carbons (Fsp3) is 0.556. The maximum atomic E-state index is 13.0. The average Bonchev–Trinajstić information content (AvgIpc) is 3.08. The number of amides is 1. The Bertz CT molecular complexity index is 804. The molecule has 6 nitrogen and oxygen atoms in total. The predicted octanol–water partition coefficient (Wildman–Crippen LogP) is 2.75. The van der Waals surface area contributed by atoms with Crippen LogP contribution in [0.1, 0.15) is 38.5 Å². The smallest absolute Gasteiger partial charge is 0.326 e. The number of hydrogen-bond acceptors (Lipinski definition) is 4. The molecule has 8 heteroatoms. The van der Waals surface area contributed by atoms with Crippen LogP contribution in [0.3, 0.4) is 0 Å². The van der Waals surface area contributed by atoms with Gasteiger partial charge in [0.25, 0.3) is 0 Å². The summed E-state index contributed by atoms with van der Waals surface area (Å²) >= 11 is 6.03. The van der Waals surface area contributed by atoms with Crippen LogP contribution in [-0.4, -0.2) is 48.1 Å². The monoisotopic (exact) mass is 399 g/mol. The Morgan fingerprint density at radius 1 is 1.12 bits per heavy atom. The van der Waals surface area contributed by atoms with Crippen LogP contribution in [0.15, 0.2) is 29.2 Å². The van der Waals surface area contributed by atoms with Gasteiger partial charge in [0.05, 0.1) is 15.2 Å². The lowest BCUT2D eigenvalue weighted by molar-refractivity contribution is -0.150. The molecule has 1 aromatic carbocycles. The van der Waals surface area contributed by atoms with Crippen LogP contribution in [-0.2, 0) is 19.4 Å². The molecule has 1 saturated heterocycles. The molecular weight excluding hydrogens is 378 g/mol. The molecule has 0 unspecified atom stereocenters. The number of aliphatic carboxylic acids is 1. The topological polar surface area (TPSA) is 91.8 Å². The first-order chi connectivity index (χ1) is 12.3. The first kappa shape index (κ1) is 19.2. The number of sulfone groups is 1. The molecule has 1 aliphatic carbocycles. The summed E-state index contributed by atoms with van der Waals surface area (Å²) in [5, 5.41) is 8.67. The van der Waals surface area contributed by atoms with Gasteiger partial charge in [-0.3, -0.25) is 4.79 Å². The lowest BCUT2D eigenvalue weighted by Crippen LogP contribution is -2.44. The van der Waals surface area contributed by atoms with Gasteiger partial charge in [0.2, 0.25) is 5.91 Å². The van der Waals surface area contributed by atoms with E-state index in [0.717, 1.165) is 32.1 Å². The second kappa shape index (κ2) is 7.56. The number of carbonyl (C=O) groups excluding carboxylic acids is 1. The molecule has 1 heterocycles. The average molecular weight is 400 g/mol. The van der Waals surface area contributed by atoms with Crippen molar-refractivity contribution in [2.24, 2.45) is 5.92 Å². The van der Waals surface area contributed by atoms with Gasteiger partial charge in [-0.15, -0.1) is 0 Å². The highest BCUT2D eigenvalue weighted by atomic mass is 35.5. The number of nitrogens with zero attached hydrogens (tertiary/aromatic N) is 1. The van der Waals surface area contributed by atoms with E-state index < -0.39 is 27.1 Å². The number of carboxylic acids is 1. The van der Waals surface area contributed by atoms with Crippen LogP contribution < -0.4 is 0 Å². The molecule has 142 valence electrons. The summed E-state index contributed by atoms with van der Waals surface area (Å²) in [5.41, 5.74) is 0. The van der Waals surface area contributed by atoms with Gasteiger partial charge in [0.1, 0.15) is 6.04 Å². The van der Waals surface area contributed by atoms with Crippen molar-refractivity contribution in [2.45, 2.75) is 54.7 Å². The minimum Gasteiger partial charge on any atom is -0.480 e. The summed E-state index contributed by atoms with van der Waals surface area (Å²) in [6.07, 6.45) is 4.34. The SMILES string of the molecule is O=C(O)[C@@H]1C[C@@H](S(=O)(=O)c2ccccc2Cl)CN1C(=O)C1CCCCC1. The normalized spacial score (nSPS) is 24.6. The van der Waals surface area contributed by atoms with E-state index in [1.54, 1.807) is 12.1 Å². The lowest BCUT2D eigenvalue weighted by atomic mass is 9.88. The zero-order chi connectivity index (χ0) is 18.9. The van der Waals surface area contributed by atoms with Crippen molar-refractivity contribution in [3.8, 4) is 0 Å². The van der Waals surface area contributed by atoms with E-state index in [1.165, 1.54) is 17.0 Å².